The number of hydrazone groups is 1. The average molecular weight is 417 g/mol. The minimum absolute atomic E-state index is 0.0799. The molecule has 4 aromatic rings. The lowest BCUT2D eigenvalue weighted by molar-refractivity contribution is 0.0696. The van der Waals surface area contributed by atoms with Crippen molar-refractivity contribution < 1.29 is 14.3 Å². The molecule has 4 rings (SSSR count). The molecule has 0 radical (unpaired) electrons. The molecule has 148 valence electrons. The molecule has 0 saturated heterocycles. The molecule has 1 aromatic heterocycles. The number of nitrogens with one attached hydrogen (secondary N) is 1. The summed E-state index contributed by atoms with van der Waals surface area (Å²) in [7, 11) is 0. The summed E-state index contributed by atoms with van der Waals surface area (Å²) >= 11 is 1.46. The maximum atomic E-state index is 14.2. The van der Waals surface area contributed by atoms with E-state index in [0.29, 0.717) is 16.3 Å². The molecule has 1 heterocycles. The molecule has 0 fully saturated rings. The molecule has 0 unspecified atom stereocenters. The highest BCUT2D eigenvalue weighted by Gasteiger charge is 2.10. The van der Waals surface area contributed by atoms with Gasteiger partial charge in [-0.05, 0) is 23.3 Å². The fourth-order valence-electron chi connectivity index (χ4n) is 2.86. The van der Waals surface area contributed by atoms with Crippen LogP contribution in [-0.4, -0.2) is 22.3 Å². The highest BCUT2D eigenvalue weighted by molar-refractivity contribution is 7.14. The van der Waals surface area contributed by atoms with Crippen LogP contribution in [0.15, 0.2) is 83.3 Å². The Hall–Kier alpha value is -3.84. The Labute approximate surface area is 176 Å². The van der Waals surface area contributed by atoms with Crippen LogP contribution in [0.5, 0.6) is 0 Å². The molecule has 0 aliphatic carbocycles. The lowest BCUT2D eigenvalue weighted by Crippen LogP contribution is -1.97. The summed E-state index contributed by atoms with van der Waals surface area (Å²) in [4.78, 5) is 15.4. The summed E-state index contributed by atoms with van der Waals surface area (Å²) in [5, 5.41) is 15.8. The van der Waals surface area contributed by atoms with Crippen molar-refractivity contribution in [1.82, 2.24) is 4.98 Å². The van der Waals surface area contributed by atoms with Crippen LogP contribution in [0.25, 0.3) is 22.4 Å². The van der Waals surface area contributed by atoms with E-state index in [4.69, 9.17) is 5.11 Å². The number of rotatable bonds is 6. The number of aromatic nitrogens is 1. The van der Waals surface area contributed by atoms with E-state index >= 15 is 0 Å². The predicted octanol–water partition coefficient (Wildman–Crippen LogP) is 5.76. The van der Waals surface area contributed by atoms with Crippen LogP contribution in [0.3, 0.4) is 0 Å². The van der Waals surface area contributed by atoms with Crippen molar-refractivity contribution in [2.24, 2.45) is 5.10 Å². The van der Waals surface area contributed by atoms with Gasteiger partial charge in [-0.1, -0.05) is 60.7 Å². The van der Waals surface area contributed by atoms with Crippen molar-refractivity contribution in [3.05, 3.63) is 95.1 Å². The minimum Gasteiger partial charge on any atom is -0.478 e. The molecule has 0 spiro atoms. The number of thiazole rings is 1. The summed E-state index contributed by atoms with van der Waals surface area (Å²) in [6, 6.07) is 20.9. The predicted molar refractivity (Wildman–Crippen MR) is 118 cm³/mol. The van der Waals surface area contributed by atoms with E-state index in [2.05, 4.69) is 15.5 Å². The Balaban J connectivity index is 1.42. The number of carboxylic acid groups (broad SMARTS) is 1. The first-order valence-corrected chi connectivity index (χ1v) is 9.91. The molecule has 0 atom stereocenters. The first-order chi connectivity index (χ1) is 14.6. The van der Waals surface area contributed by atoms with Gasteiger partial charge in [0, 0.05) is 16.5 Å². The second kappa shape index (κ2) is 8.67. The number of hydrogen-bond acceptors (Lipinski definition) is 5. The molecule has 30 heavy (non-hydrogen) atoms. The van der Waals surface area contributed by atoms with E-state index in [1.807, 2.05) is 47.8 Å². The summed E-state index contributed by atoms with van der Waals surface area (Å²) < 4.78 is 14.2. The fourth-order valence-corrected chi connectivity index (χ4v) is 3.53. The molecule has 0 bridgehead atoms. The van der Waals surface area contributed by atoms with Gasteiger partial charge in [-0.25, -0.2) is 14.2 Å². The number of halogens is 1. The molecular formula is C23H16FN3O2S. The number of hydrogen-bond donors (Lipinski definition) is 2. The Kier molecular flexibility index (Phi) is 5.63. The third-order valence-corrected chi connectivity index (χ3v) is 5.13. The first-order valence-electron chi connectivity index (χ1n) is 9.03. The zero-order valence-electron chi connectivity index (χ0n) is 15.6. The highest BCUT2D eigenvalue weighted by atomic mass is 32.1. The second-order valence-corrected chi connectivity index (χ2v) is 7.25. The van der Waals surface area contributed by atoms with Crippen LogP contribution in [0.1, 0.15) is 15.9 Å². The maximum Gasteiger partial charge on any atom is 0.335 e. The van der Waals surface area contributed by atoms with Gasteiger partial charge < -0.3 is 5.11 Å². The Morgan fingerprint density at radius 1 is 1.03 bits per heavy atom. The molecule has 3 aromatic carbocycles. The van der Waals surface area contributed by atoms with Gasteiger partial charge in [-0.15, -0.1) is 11.3 Å². The molecule has 0 amide bonds. The molecule has 0 aliphatic rings. The van der Waals surface area contributed by atoms with Crippen molar-refractivity contribution in [3.8, 4) is 22.4 Å². The van der Waals surface area contributed by atoms with E-state index in [-0.39, 0.29) is 5.56 Å². The summed E-state index contributed by atoms with van der Waals surface area (Å²) in [5.41, 5.74) is 6.60. The molecule has 5 nitrogen and oxygen atoms in total. The minimum atomic E-state index is -1.16. The molecule has 0 aliphatic heterocycles. The molecular weight excluding hydrogens is 401 g/mol. The van der Waals surface area contributed by atoms with Crippen LogP contribution in [0.2, 0.25) is 0 Å². The Morgan fingerprint density at radius 2 is 1.80 bits per heavy atom. The maximum absolute atomic E-state index is 14.2. The van der Waals surface area contributed by atoms with Crippen LogP contribution in [-0.2, 0) is 0 Å². The highest BCUT2D eigenvalue weighted by Crippen LogP contribution is 2.25. The second-order valence-electron chi connectivity index (χ2n) is 6.40. The van der Waals surface area contributed by atoms with E-state index in [9.17, 15) is 9.18 Å². The van der Waals surface area contributed by atoms with Crippen molar-refractivity contribution in [3.63, 3.8) is 0 Å². The van der Waals surface area contributed by atoms with Crippen LogP contribution in [0.4, 0.5) is 9.52 Å². The Morgan fingerprint density at radius 3 is 2.50 bits per heavy atom. The molecule has 7 heteroatoms. The average Bonchev–Trinajstić information content (AvgIpc) is 3.24. The normalized spacial score (nSPS) is 11.0. The number of carboxylic acids is 1. The standard InChI is InChI=1S/C23H16FN3O2S/c24-20-12-18(22(28)29)10-11-19(20)16-8-6-15(7-9-16)13-25-27-23-26-21(14-30-23)17-4-2-1-3-5-17/h1-14H,(H,26,27)(H,28,29). The zero-order valence-corrected chi connectivity index (χ0v) is 16.4. The third kappa shape index (κ3) is 4.42. The van der Waals surface area contributed by atoms with Crippen LogP contribution >= 0.6 is 11.3 Å². The van der Waals surface area contributed by atoms with E-state index in [1.165, 1.54) is 23.5 Å². The topological polar surface area (TPSA) is 74.6 Å². The first kappa shape index (κ1) is 19.5. The van der Waals surface area contributed by atoms with Gasteiger partial charge >= 0.3 is 5.97 Å². The van der Waals surface area contributed by atoms with Gasteiger partial charge in [-0.3, -0.25) is 5.43 Å². The Bertz CT molecular complexity index is 1200. The molecule has 0 saturated carbocycles. The zero-order chi connectivity index (χ0) is 20.9. The van der Waals surface area contributed by atoms with Gasteiger partial charge in [0.05, 0.1) is 17.5 Å². The smallest absolute Gasteiger partial charge is 0.335 e. The fraction of sp³-hybridized carbons (Fsp3) is 0. The van der Waals surface area contributed by atoms with Crippen LogP contribution < -0.4 is 5.43 Å². The number of benzene rings is 3. The van der Waals surface area contributed by atoms with Crippen molar-refractivity contribution in [1.29, 1.82) is 0 Å². The third-order valence-electron chi connectivity index (χ3n) is 4.39. The summed E-state index contributed by atoms with van der Waals surface area (Å²) in [6.07, 6.45) is 1.65. The summed E-state index contributed by atoms with van der Waals surface area (Å²) in [5.74, 6) is -1.73. The summed E-state index contributed by atoms with van der Waals surface area (Å²) in [6.45, 7) is 0. The van der Waals surface area contributed by atoms with Gasteiger partial charge in [0.2, 0.25) is 5.13 Å². The van der Waals surface area contributed by atoms with Crippen molar-refractivity contribution in [2.45, 2.75) is 0 Å². The number of carbonyl (C=O) groups is 1. The molecule has 2 N–H and O–H groups in total. The van der Waals surface area contributed by atoms with E-state index in [0.717, 1.165) is 22.9 Å². The monoisotopic (exact) mass is 417 g/mol. The van der Waals surface area contributed by atoms with Crippen molar-refractivity contribution in [2.75, 3.05) is 5.43 Å². The number of aromatic carboxylic acids is 1. The van der Waals surface area contributed by atoms with E-state index in [1.54, 1.807) is 18.3 Å². The van der Waals surface area contributed by atoms with Gasteiger partial charge in [0.15, 0.2) is 0 Å². The largest absolute Gasteiger partial charge is 0.478 e. The SMILES string of the molecule is O=C(O)c1ccc(-c2ccc(C=NNc3nc(-c4ccccc4)cs3)cc2)c(F)c1. The number of anilines is 1. The number of nitrogens with zero attached hydrogens (tertiary/aromatic N) is 2. The lowest BCUT2D eigenvalue weighted by Gasteiger charge is -2.05. The lowest BCUT2D eigenvalue weighted by atomic mass is 10.0. The van der Waals surface area contributed by atoms with Gasteiger partial charge in [-0.2, -0.15) is 5.10 Å². The van der Waals surface area contributed by atoms with E-state index < -0.39 is 11.8 Å². The van der Waals surface area contributed by atoms with Gasteiger partial charge in [0.25, 0.3) is 0 Å². The van der Waals surface area contributed by atoms with Gasteiger partial charge in [0.1, 0.15) is 5.82 Å². The van der Waals surface area contributed by atoms with Crippen molar-refractivity contribution >= 4 is 28.7 Å². The van der Waals surface area contributed by atoms with Crippen LogP contribution in [0, 0.1) is 5.82 Å². The quantitative estimate of drug-likeness (QED) is 0.309.